The Labute approximate surface area is 162 Å². The van der Waals surface area contributed by atoms with Gasteiger partial charge in [0.1, 0.15) is 5.82 Å². The van der Waals surface area contributed by atoms with Gasteiger partial charge in [0.15, 0.2) is 0 Å². The SMILES string of the molecule is Cn1cc(CCNC(=O)CCc2nc3ccccc3c(=O)[nH]2)c2ccccc21. The number of carbonyl (C=O) groups is 1. The Morgan fingerprint density at radius 2 is 1.82 bits per heavy atom. The second kappa shape index (κ2) is 7.68. The molecule has 0 radical (unpaired) electrons. The number of amides is 1. The highest BCUT2D eigenvalue weighted by atomic mass is 16.1. The van der Waals surface area contributed by atoms with Gasteiger partial charge in [0, 0.05) is 43.5 Å². The molecule has 0 aliphatic carbocycles. The number of aromatic nitrogens is 3. The monoisotopic (exact) mass is 374 g/mol. The summed E-state index contributed by atoms with van der Waals surface area (Å²) in [5.41, 5.74) is 2.89. The van der Waals surface area contributed by atoms with E-state index in [4.69, 9.17) is 0 Å². The van der Waals surface area contributed by atoms with Crippen molar-refractivity contribution in [3.63, 3.8) is 0 Å². The maximum absolute atomic E-state index is 12.2. The maximum Gasteiger partial charge on any atom is 0.258 e. The zero-order chi connectivity index (χ0) is 19.5. The molecule has 0 aliphatic heterocycles. The summed E-state index contributed by atoms with van der Waals surface area (Å²) in [7, 11) is 2.03. The molecule has 0 atom stereocenters. The van der Waals surface area contributed by atoms with Crippen molar-refractivity contribution in [3.8, 4) is 0 Å². The molecule has 1 amide bonds. The van der Waals surface area contributed by atoms with E-state index in [1.807, 2.05) is 31.3 Å². The summed E-state index contributed by atoms with van der Waals surface area (Å²) in [6, 6.07) is 15.5. The molecule has 2 N–H and O–H groups in total. The lowest BCUT2D eigenvalue weighted by Crippen LogP contribution is -2.26. The molecule has 0 fully saturated rings. The second-order valence-corrected chi connectivity index (χ2v) is 6.91. The molecule has 142 valence electrons. The predicted octanol–water partition coefficient (Wildman–Crippen LogP) is 2.71. The molecular weight excluding hydrogens is 352 g/mol. The van der Waals surface area contributed by atoms with Gasteiger partial charge in [-0.1, -0.05) is 30.3 Å². The number of hydrogen-bond acceptors (Lipinski definition) is 3. The molecule has 0 spiro atoms. The van der Waals surface area contributed by atoms with E-state index in [0.717, 1.165) is 6.42 Å². The smallest absolute Gasteiger partial charge is 0.258 e. The first-order valence-electron chi connectivity index (χ1n) is 9.39. The van der Waals surface area contributed by atoms with Crippen LogP contribution in [0.5, 0.6) is 0 Å². The van der Waals surface area contributed by atoms with Crippen LogP contribution in [0.4, 0.5) is 0 Å². The Kier molecular flexibility index (Phi) is 4.93. The summed E-state index contributed by atoms with van der Waals surface area (Å²) < 4.78 is 2.11. The lowest BCUT2D eigenvalue weighted by Gasteiger charge is -2.05. The molecular formula is C22H22N4O2. The number of para-hydroxylation sites is 2. The first kappa shape index (κ1) is 18.0. The van der Waals surface area contributed by atoms with Gasteiger partial charge in [0.25, 0.3) is 5.56 Å². The molecule has 0 saturated carbocycles. The van der Waals surface area contributed by atoms with Crippen LogP contribution >= 0.6 is 0 Å². The number of rotatable bonds is 6. The molecule has 0 aliphatic rings. The number of nitrogens with one attached hydrogen (secondary N) is 2. The Bertz CT molecular complexity index is 1210. The summed E-state index contributed by atoms with van der Waals surface area (Å²) in [5.74, 6) is 0.490. The van der Waals surface area contributed by atoms with E-state index in [-0.39, 0.29) is 17.9 Å². The van der Waals surface area contributed by atoms with Gasteiger partial charge in [-0.25, -0.2) is 4.98 Å². The van der Waals surface area contributed by atoms with Crippen molar-refractivity contribution in [2.24, 2.45) is 7.05 Å². The number of H-pyrrole nitrogens is 1. The zero-order valence-electron chi connectivity index (χ0n) is 15.7. The fourth-order valence-electron chi connectivity index (χ4n) is 3.53. The molecule has 0 bridgehead atoms. The average molecular weight is 374 g/mol. The molecule has 2 aromatic heterocycles. The standard InChI is InChI=1S/C22H22N4O2/c1-26-14-15(16-6-3-5-9-19(16)26)12-13-23-21(27)11-10-20-24-18-8-4-2-7-17(18)22(28)25-20/h2-9,14H,10-13H2,1H3,(H,23,27)(H,24,25,28). The van der Waals surface area contributed by atoms with Crippen LogP contribution in [-0.4, -0.2) is 27.0 Å². The van der Waals surface area contributed by atoms with Crippen LogP contribution in [0.15, 0.2) is 59.5 Å². The number of carbonyl (C=O) groups excluding carboxylic acids is 1. The quantitative estimate of drug-likeness (QED) is 0.545. The van der Waals surface area contributed by atoms with Gasteiger partial charge < -0.3 is 14.9 Å². The van der Waals surface area contributed by atoms with E-state index in [9.17, 15) is 9.59 Å². The van der Waals surface area contributed by atoms with Gasteiger partial charge in [0.05, 0.1) is 10.9 Å². The summed E-state index contributed by atoms with van der Waals surface area (Å²) in [4.78, 5) is 31.5. The Morgan fingerprint density at radius 3 is 2.68 bits per heavy atom. The molecule has 4 rings (SSSR count). The highest BCUT2D eigenvalue weighted by Gasteiger charge is 2.08. The van der Waals surface area contributed by atoms with Crippen molar-refractivity contribution >= 4 is 27.7 Å². The van der Waals surface area contributed by atoms with Gasteiger partial charge in [-0.05, 0) is 30.2 Å². The summed E-state index contributed by atoms with van der Waals surface area (Å²) in [6.45, 7) is 0.578. The summed E-state index contributed by atoms with van der Waals surface area (Å²) in [6.07, 6.45) is 3.58. The molecule has 6 heteroatoms. The van der Waals surface area contributed by atoms with Crippen molar-refractivity contribution in [1.82, 2.24) is 19.9 Å². The van der Waals surface area contributed by atoms with Crippen LogP contribution in [-0.2, 0) is 24.7 Å². The van der Waals surface area contributed by atoms with Crippen LogP contribution in [0, 0.1) is 0 Å². The molecule has 0 unspecified atom stereocenters. The maximum atomic E-state index is 12.2. The van der Waals surface area contributed by atoms with Crippen LogP contribution in [0.2, 0.25) is 0 Å². The fraction of sp³-hybridized carbons (Fsp3) is 0.227. The van der Waals surface area contributed by atoms with Crippen LogP contribution in [0.25, 0.3) is 21.8 Å². The highest BCUT2D eigenvalue weighted by Crippen LogP contribution is 2.20. The lowest BCUT2D eigenvalue weighted by molar-refractivity contribution is -0.121. The van der Waals surface area contributed by atoms with Gasteiger partial charge in [-0.2, -0.15) is 0 Å². The Hall–Kier alpha value is -3.41. The molecule has 0 saturated heterocycles. The minimum atomic E-state index is -0.169. The van der Waals surface area contributed by atoms with Crippen molar-refractivity contribution in [2.75, 3.05) is 6.54 Å². The van der Waals surface area contributed by atoms with E-state index in [2.05, 4.69) is 38.2 Å². The van der Waals surface area contributed by atoms with E-state index < -0.39 is 0 Å². The van der Waals surface area contributed by atoms with Crippen molar-refractivity contribution < 1.29 is 4.79 Å². The number of hydrogen-bond donors (Lipinski definition) is 2. The highest BCUT2D eigenvalue weighted by molar-refractivity contribution is 5.84. The zero-order valence-corrected chi connectivity index (χ0v) is 15.7. The average Bonchev–Trinajstić information content (AvgIpc) is 3.03. The number of aryl methyl sites for hydroxylation is 2. The third-order valence-electron chi connectivity index (χ3n) is 4.95. The van der Waals surface area contributed by atoms with E-state index in [1.165, 1.54) is 16.5 Å². The molecule has 2 heterocycles. The number of benzene rings is 2. The van der Waals surface area contributed by atoms with Gasteiger partial charge >= 0.3 is 0 Å². The number of aromatic amines is 1. The van der Waals surface area contributed by atoms with Crippen molar-refractivity contribution in [1.29, 1.82) is 0 Å². The lowest BCUT2D eigenvalue weighted by atomic mass is 10.1. The molecule has 2 aromatic carbocycles. The third kappa shape index (κ3) is 3.67. The Balaban J connectivity index is 1.33. The van der Waals surface area contributed by atoms with Crippen LogP contribution < -0.4 is 10.9 Å². The van der Waals surface area contributed by atoms with Crippen LogP contribution in [0.3, 0.4) is 0 Å². The minimum Gasteiger partial charge on any atom is -0.356 e. The topological polar surface area (TPSA) is 79.8 Å². The second-order valence-electron chi connectivity index (χ2n) is 6.91. The van der Waals surface area contributed by atoms with Gasteiger partial charge in [-0.3, -0.25) is 9.59 Å². The number of nitrogens with zero attached hydrogens (tertiary/aromatic N) is 2. The van der Waals surface area contributed by atoms with Crippen molar-refractivity contribution in [3.05, 3.63) is 76.5 Å². The van der Waals surface area contributed by atoms with Crippen molar-refractivity contribution in [2.45, 2.75) is 19.3 Å². The summed E-state index contributed by atoms with van der Waals surface area (Å²) in [5, 5.41) is 4.74. The Morgan fingerprint density at radius 1 is 1.07 bits per heavy atom. The molecule has 4 aromatic rings. The van der Waals surface area contributed by atoms with Crippen LogP contribution in [0.1, 0.15) is 17.8 Å². The third-order valence-corrected chi connectivity index (χ3v) is 4.95. The minimum absolute atomic E-state index is 0.0453. The number of fused-ring (bicyclic) bond motifs is 2. The predicted molar refractivity (Wildman–Crippen MR) is 110 cm³/mol. The molecule has 28 heavy (non-hydrogen) atoms. The summed E-state index contributed by atoms with van der Waals surface area (Å²) >= 11 is 0. The van der Waals surface area contributed by atoms with E-state index in [1.54, 1.807) is 12.1 Å². The van der Waals surface area contributed by atoms with Gasteiger partial charge in [-0.15, -0.1) is 0 Å². The van der Waals surface area contributed by atoms with E-state index >= 15 is 0 Å². The fourth-order valence-corrected chi connectivity index (χ4v) is 3.53. The molecule has 6 nitrogen and oxygen atoms in total. The largest absolute Gasteiger partial charge is 0.356 e. The van der Waals surface area contributed by atoms with E-state index in [0.29, 0.717) is 29.7 Å². The van der Waals surface area contributed by atoms with Gasteiger partial charge in [0.2, 0.25) is 5.91 Å². The normalized spacial score (nSPS) is 11.2. The first-order valence-corrected chi connectivity index (χ1v) is 9.39. The first-order chi connectivity index (χ1) is 13.6.